The molecule has 0 saturated carbocycles. The van der Waals surface area contributed by atoms with Crippen LogP contribution >= 0.6 is 0 Å². The Hall–Kier alpha value is -5.48. The Labute approximate surface area is 306 Å². The second-order valence-corrected chi connectivity index (χ2v) is 14.1. The van der Waals surface area contributed by atoms with E-state index in [1.807, 2.05) is 64.5 Å². The lowest BCUT2D eigenvalue weighted by atomic mass is 9.99. The summed E-state index contributed by atoms with van der Waals surface area (Å²) in [5, 5.41) is 1.10. The van der Waals surface area contributed by atoms with Crippen LogP contribution in [0.5, 0.6) is 0 Å². The number of anilines is 1. The number of allylic oxidation sites excluding steroid dienone is 4. The maximum absolute atomic E-state index is 12.1. The Morgan fingerprint density at radius 3 is 1.91 bits per heavy atom. The Bertz CT molecular complexity index is 1920. The van der Waals surface area contributed by atoms with Gasteiger partial charge in [-0.05, 0) is 61.1 Å². The summed E-state index contributed by atoms with van der Waals surface area (Å²) in [6, 6.07) is 8.32. The summed E-state index contributed by atoms with van der Waals surface area (Å²) in [5.74, 6) is -3.27. The molecule has 53 heavy (non-hydrogen) atoms. The average molecular weight is 750 g/mol. The van der Waals surface area contributed by atoms with Crippen LogP contribution in [0.1, 0.15) is 88.2 Å². The minimum absolute atomic E-state index is 0.0362. The van der Waals surface area contributed by atoms with Crippen LogP contribution in [0.25, 0.3) is 11.6 Å². The number of rotatable bonds is 17. The predicted octanol–water partition coefficient (Wildman–Crippen LogP) is 3.99. The van der Waals surface area contributed by atoms with Crippen molar-refractivity contribution in [1.29, 1.82) is 0 Å². The number of aryl methyl sites for hydroxylation is 1. The average Bonchev–Trinajstić information content (AvgIpc) is 3.62. The summed E-state index contributed by atoms with van der Waals surface area (Å²) < 4.78 is 35.6. The Kier molecular flexibility index (Phi) is 13.0. The topological polar surface area (TPSA) is 189 Å². The van der Waals surface area contributed by atoms with Gasteiger partial charge in [0.15, 0.2) is 12.4 Å². The Morgan fingerprint density at radius 2 is 1.34 bits per heavy atom. The third kappa shape index (κ3) is 10.8. The first-order valence-corrected chi connectivity index (χ1v) is 18.9. The maximum Gasteiger partial charge on any atom is 0.333 e. The molecule has 1 N–H and O–H groups in total. The van der Waals surface area contributed by atoms with Crippen LogP contribution in [0.4, 0.5) is 5.69 Å². The molecule has 5 rings (SSSR count). The van der Waals surface area contributed by atoms with Gasteiger partial charge in [-0.3, -0.25) is 23.7 Å². The van der Waals surface area contributed by atoms with E-state index in [-0.39, 0.29) is 43.4 Å². The maximum atomic E-state index is 12.1. The fraction of sp³-hybridized carbons (Fsp3) is 0.378. The van der Waals surface area contributed by atoms with Crippen molar-refractivity contribution < 1.29 is 56.0 Å². The zero-order valence-electron chi connectivity index (χ0n) is 29.1. The molecule has 0 radical (unpaired) electrons. The highest BCUT2D eigenvalue weighted by atomic mass is 32.2. The highest BCUT2D eigenvalue weighted by Crippen LogP contribution is 2.35. The summed E-state index contributed by atoms with van der Waals surface area (Å²) in [5.41, 5.74) is 3.04. The van der Waals surface area contributed by atoms with Crippen molar-refractivity contribution in [2.75, 3.05) is 11.4 Å². The van der Waals surface area contributed by atoms with Gasteiger partial charge in [0.2, 0.25) is 0 Å². The number of carbonyl (C=O) groups excluding carboxylic acids is 6. The molecule has 3 aliphatic rings. The molecule has 16 heteroatoms. The van der Waals surface area contributed by atoms with Gasteiger partial charge < -0.3 is 14.6 Å². The standard InChI is InChI=1S/C37H40N4O11S/c42-32-14-15-33(43)40(32)51-36(46)10-3-1-5-21-38-23-18-27(19-24-38)8-7-9-28-20-25-39(31-13-12-29(26-30(28)31)53(48,49)50)22-6-2-4-11-37(47)52-41-34(44)16-17-35(41)45/h7-9,12-13,18-20,23-26H,1-6,10-11,14-17,21-22H2/p+1. The third-order valence-electron chi connectivity index (χ3n) is 8.78. The second-order valence-electron chi connectivity index (χ2n) is 12.7. The zero-order valence-corrected chi connectivity index (χ0v) is 29.9. The summed E-state index contributed by atoms with van der Waals surface area (Å²) >= 11 is 0. The predicted molar refractivity (Wildman–Crippen MR) is 188 cm³/mol. The number of hydrogen-bond acceptors (Lipinski definition) is 11. The van der Waals surface area contributed by atoms with E-state index in [2.05, 4.69) is 0 Å². The van der Waals surface area contributed by atoms with Gasteiger partial charge in [0.05, 0.1) is 4.90 Å². The molecule has 280 valence electrons. The number of hydrogen-bond donors (Lipinski definition) is 1. The number of aromatic nitrogens is 1. The lowest BCUT2D eigenvalue weighted by Crippen LogP contribution is -2.32. The van der Waals surface area contributed by atoms with Gasteiger partial charge in [0.1, 0.15) is 6.54 Å². The van der Waals surface area contributed by atoms with Crippen LogP contribution in [0.3, 0.4) is 0 Å². The molecule has 1 aromatic heterocycles. The molecular formula is C37H41N4O11S+. The van der Waals surface area contributed by atoms with E-state index >= 15 is 0 Å². The number of unbranched alkanes of at least 4 members (excludes halogenated alkanes) is 4. The van der Waals surface area contributed by atoms with Gasteiger partial charge in [-0.2, -0.15) is 8.42 Å². The van der Waals surface area contributed by atoms with Crippen LogP contribution in [-0.4, -0.2) is 65.2 Å². The number of benzene rings is 1. The molecule has 0 aliphatic carbocycles. The molecule has 3 aliphatic heterocycles. The molecule has 2 aromatic rings. The van der Waals surface area contributed by atoms with Gasteiger partial charge >= 0.3 is 11.9 Å². The number of imide groups is 2. The summed E-state index contributed by atoms with van der Waals surface area (Å²) in [4.78, 5) is 82.0. The Balaban J connectivity index is 1.09. The van der Waals surface area contributed by atoms with E-state index in [0.717, 1.165) is 36.2 Å². The zero-order chi connectivity index (χ0) is 38.0. The van der Waals surface area contributed by atoms with E-state index in [9.17, 15) is 41.7 Å². The van der Waals surface area contributed by atoms with Crippen molar-refractivity contribution in [3.8, 4) is 0 Å². The first-order valence-electron chi connectivity index (χ1n) is 17.5. The van der Waals surface area contributed by atoms with Crippen LogP contribution in [0, 0.1) is 0 Å². The first-order chi connectivity index (χ1) is 25.4. The van der Waals surface area contributed by atoms with Gasteiger partial charge in [-0.15, -0.1) is 10.1 Å². The van der Waals surface area contributed by atoms with Crippen LogP contribution in [0.15, 0.2) is 72.0 Å². The van der Waals surface area contributed by atoms with Gasteiger partial charge in [-0.25, -0.2) is 14.2 Å². The molecule has 15 nitrogen and oxygen atoms in total. The fourth-order valence-electron chi connectivity index (χ4n) is 5.91. The molecule has 0 spiro atoms. The van der Waals surface area contributed by atoms with Crippen molar-refractivity contribution in [2.45, 2.75) is 88.5 Å². The van der Waals surface area contributed by atoms with E-state index in [1.54, 1.807) is 6.07 Å². The monoisotopic (exact) mass is 749 g/mol. The van der Waals surface area contributed by atoms with E-state index < -0.39 is 45.7 Å². The number of amides is 4. The quantitative estimate of drug-likeness (QED) is 0.106. The molecule has 0 unspecified atom stereocenters. The molecular weight excluding hydrogens is 708 g/mol. The van der Waals surface area contributed by atoms with E-state index in [1.165, 1.54) is 12.1 Å². The number of fused-ring (bicyclic) bond motifs is 1. The van der Waals surface area contributed by atoms with Crippen molar-refractivity contribution >= 4 is 63.0 Å². The fourth-order valence-corrected chi connectivity index (χ4v) is 6.42. The molecule has 0 bridgehead atoms. The van der Waals surface area contributed by atoms with Gasteiger partial charge in [0.25, 0.3) is 33.7 Å². The van der Waals surface area contributed by atoms with Crippen molar-refractivity contribution in [2.24, 2.45) is 0 Å². The van der Waals surface area contributed by atoms with Crippen molar-refractivity contribution in [1.82, 2.24) is 10.1 Å². The largest absolute Gasteiger partial charge is 0.347 e. The van der Waals surface area contributed by atoms with Gasteiger partial charge in [-0.1, -0.05) is 24.6 Å². The minimum atomic E-state index is -4.44. The van der Waals surface area contributed by atoms with E-state index in [4.69, 9.17) is 9.68 Å². The van der Waals surface area contributed by atoms with Crippen molar-refractivity contribution in [3.63, 3.8) is 0 Å². The smallest absolute Gasteiger partial charge is 0.333 e. The molecule has 0 atom stereocenters. The molecule has 1 aromatic carbocycles. The van der Waals surface area contributed by atoms with Crippen molar-refractivity contribution in [3.05, 3.63) is 78.3 Å². The summed E-state index contributed by atoms with van der Waals surface area (Å²) in [7, 11) is -4.44. The SMILES string of the molecule is O=C(CCCCCN1C=C/C(=C/C=C/c2cc[n+](CCCCCC(=O)ON3C(=O)CCC3=O)cc2)c2cc(S(=O)(=O)O)ccc21)ON1C(=O)CCC1=O. The third-order valence-corrected chi connectivity index (χ3v) is 9.63. The lowest BCUT2D eigenvalue weighted by Gasteiger charge is -2.28. The lowest BCUT2D eigenvalue weighted by molar-refractivity contribution is -0.697. The van der Waals surface area contributed by atoms with Crippen LogP contribution in [0.2, 0.25) is 0 Å². The highest BCUT2D eigenvalue weighted by molar-refractivity contribution is 7.85. The normalized spacial score (nSPS) is 16.7. The number of hydroxylamine groups is 4. The molecule has 4 heterocycles. The number of carbonyl (C=O) groups is 6. The first kappa shape index (κ1) is 38.7. The Morgan fingerprint density at radius 1 is 0.774 bits per heavy atom. The minimum Gasteiger partial charge on any atom is -0.347 e. The van der Waals surface area contributed by atoms with Gasteiger partial charge in [0, 0.05) is 81.1 Å². The summed E-state index contributed by atoms with van der Waals surface area (Å²) in [6.07, 6.45) is 17.6. The summed E-state index contributed by atoms with van der Waals surface area (Å²) in [6.45, 7) is 1.30. The number of pyridine rings is 1. The van der Waals surface area contributed by atoms with Crippen LogP contribution < -0.4 is 9.47 Å². The highest BCUT2D eigenvalue weighted by Gasteiger charge is 2.33. The van der Waals surface area contributed by atoms with Crippen LogP contribution in [-0.2, 0) is 55.1 Å². The van der Waals surface area contributed by atoms with E-state index in [0.29, 0.717) is 47.9 Å². The molecule has 2 saturated heterocycles. The number of nitrogens with zero attached hydrogens (tertiary/aromatic N) is 4. The molecule has 2 fully saturated rings. The molecule has 4 amide bonds. The second kappa shape index (κ2) is 17.8.